The summed E-state index contributed by atoms with van der Waals surface area (Å²) >= 11 is 0. The van der Waals surface area contributed by atoms with Crippen LogP contribution in [0.3, 0.4) is 0 Å². The minimum Gasteiger partial charge on any atom is -0.338 e. The normalized spacial score (nSPS) is 21.7. The predicted octanol–water partition coefficient (Wildman–Crippen LogP) is 4.33. The lowest BCUT2D eigenvalue weighted by Crippen LogP contribution is -2.50. The van der Waals surface area contributed by atoms with Crippen molar-refractivity contribution in [3.8, 4) is 0 Å². The number of rotatable bonds is 5. The van der Waals surface area contributed by atoms with Crippen LogP contribution in [0.5, 0.6) is 0 Å². The summed E-state index contributed by atoms with van der Waals surface area (Å²) in [6, 6.07) is 6.66. The van der Waals surface area contributed by atoms with Crippen molar-refractivity contribution >= 4 is 22.4 Å². The average molecular weight is 431 g/mol. The Balaban J connectivity index is 1.51. The van der Waals surface area contributed by atoms with Gasteiger partial charge < -0.3 is 10.3 Å². The number of hydrogen-bond acceptors (Lipinski definition) is 4. The summed E-state index contributed by atoms with van der Waals surface area (Å²) in [5, 5.41) is 10.9. The number of fused-ring (bicyclic) bond motifs is 1. The largest absolute Gasteiger partial charge is 0.410 e. The minimum absolute atomic E-state index is 0.0235. The van der Waals surface area contributed by atoms with E-state index in [1.54, 1.807) is 25.3 Å². The maximum absolute atomic E-state index is 13.9. The third kappa shape index (κ3) is 3.40. The Hall–Kier alpha value is -2.81. The van der Waals surface area contributed by atoms with E-state index in [1.165, 1.54) is 6.07 Å². The Morgan fingerprint density at radius 1 is 1.29 bits per heavy atom. The van der Waals surface area contributed by atoms with E-state index in [0.29, 0.717) is 41.3 Å². The van der Waals surface area contributed by atoms with E-state index in [-0.39, 0.29) is 17.5 Å². The van der Waals surface area contributed by atoms with Crippen LogP contribution < -0.4 is 16.2 Å². The van der Waals surface area contributed by atoms with Gasteiger partial charge in [-0.25, -0.2) is 0 Å². The molecule has 0 spiro atoms. The molecular weight excluding hydrogens is 407 g/mol. The molecule has 0 radical (unpaired) electrons. The number of nitrogens with zero attached hydrogens (tertiary/aromatic N) is 2. The number of benzene rings is 1. The maximum Gasteiger partial charge on any atom is 0.410 e. The van der Waals surface area contributed by atoms with Gasteiger partial charge in [0.05, 0.1) is 5.52 Å². The Bertz CT molecular complexity index is 1190. The van der Waals surface area contributed by atoms with Gasteiger partial charge in [0, 0.05) is 18.4 Å². The quantitative estimate of drug-likeness (QED) is 0.562. The number of nitrogens with one attached hydrogen (secondary N) is 3. The Morgan fingerprint density at radius 2 is 2.10 bits per heavy atom. The van der Waals surface area contributed by atoms with Gasteiger partial charge in [-0.15, -0.1) is 0 Å². The molecular formula is C22H24F3N5O. The first kappa shape index (κ1) is 20.1. The number of anilines is 2. The fourth-order valence-corrected chi connectivity index (χ4v) is 4.63. The summed E-state index contributed by atoms with van der Waals surface area (Å²) in [5.41, 5.74) is -0.139. The lowest BCUT2D eigenvalue weighted by Gasteiger charge is -2.34. The van der Waals surface area contributed by atoms with E-state index in [9.17, 15) is 18.0 Å². The molecule has 3 heterocycles. The van der Waals surface area contributed by atoms with Crippen LogP contribution in [0.25, 0.3) is 10.9 Å². The van der Waals surface area contributed by atoms with Crippen molar-refractivity contribution in [2.75, 3.05) is 11.9 Å². The SMILES string of the molecule is Cc1cc(Nc2nn(CC3CC3)c3cc[nH]c(=O)c23)ccc1C1(C(F)(F)F)CCCN1. The first-order valence-corrected chi connectivity index (χ1v) is 10.6. The molecule has 3 N–H and O–H groups in total. The van der Waals surface area contributed by atoms with E-state index in [4.69, 9.17) is 0 Å². The number of halogens is 3. The summed E-state index contributed by atoms with van der Waals surface area (Å²) < 4.78 is 43.6. The van der Waals surface area contributed by atoms with Gasteiger partial charge in [0.1, 0.15) is 10.9 Å². The fraction of sp³-hybridized carbons (Fsp3) is 0.455. The van der Waals surface area contributed by atoms with Crippen molar-refractivity contribution in [2.45, 2.75) is 50.9 Å². The highest BCUT2D eigenvalue weighted by Crippen LogP contribution is 2.46. The second-order valence-electron chi connectivity index (χ2n) is 8.63. The molecule has 2 aliphatic rings. The summed E-state index contributed by atoms with van der Waals surface area (Å²) in [7, 11) is 0. The van der Waals surface area contributed by atoms with Gasteiger partial charge in [0.2, 0.25) is 0 Å². The van der Waals surface area contributed by atoms with Gasteiger partial charge in [-0.1, -0.05) is 6.07 Å². The third-order valence-corrected chi connectivity index (χ3v) is 6.39. The molecule has 0 bridgehead atoms. The van der Waals surface area contributed by atoms with Gasteiger partial charge in [0.25, 0.3) is 5.56 Å². The number of hydrogen-bond donors (Lipinski definition) is 3. The molecule has 1 saturated carbocycles. The van der Waals surface area contributed by atoms with Gasteiger partial charge in [-0.2, -0.15) is 18.3 Å². The number of aromatic nitrogens is 3. The van der Waals surface area contributed by atoms with Crippen LogP contribution in [-0.4, -0.2) is 27.5 Å². The molecule has 164 valence electrons. The average Bonchev–Trinajstić information content (AvgIpc) is 3.24. The highest BCUT2D eigenvalue weighted by molar-refractivity contribution is 5.91. The van der Waals surface area contributed by atoms with Crippen molar-refractivity contribution in [3.63, 3.8) is 0 Å². The van der Waals surface area contributed by atoms with E-state index in [0.717, 1.165) is 24.9 Å². The predicted molar refractivity (Wildman–Crippen MR) is 113 cm³/mol. The molecule has 1 saturated heterocycles. The number of H-pyrrole nitrogens is 1. The standard InChI is InChI=1S/C22H24F3N5O/c1-13-11-15(5-6-16(13)21(22(23,24)25)8-2-9-27-21)28-19-18-17(7-10-26-20(18)31)30(29-19)12-14-3-4-14/h5-7,10-11,14,27H,2-4,8-9,12H2,1H3,(H,26,31)(H,28,29). The van der Waals surface area contributed by atoms with E-state index in [1.807, 2.05) is 10.7 Å². The molecule has 1 unspecified atom stereocenters. The summed E-state index contributed by atoms with van der Waals surface area (Å²) in [4.78, 5) is 15.1. The first-order valence-electron chi connectivity index (χ1n) is 10.6. The number of alkyl halides is 3. The Labute approximate surface area is 176 Å². The van der Waals surface area contributed by atoms with Gasteiger partial charge in [-0.05, 0) is 74.4 Å². The van der Waals surface area contributed by atoms with Crippen LogP contribution in [-0.2, 0) is 12.1 Å². The van der Waals surface area contributed by atoms with Crippen molar-refractivity contribution in [2.24, 2.45) is 5.92 Å². The van der Waals surface area contributed by atoms with Crippen molar-refractivity contribution in [1.29, 1.82) is 0 Å². The maximum atomic E-state index is 13.9. The van der Waals surface area contributed by atoms with Crippen LogP contribution in [0.2, 0.25) is 0 Å². The number of pyridine rings is 1. The summed E-state index contributed by atoms with van der Waals surface area (Å²) in [5.74, 6) is 0.989. The van der Waals surface area contributed by atoms with Crippen LogP contribution in [0.1, 0.15) is 36.8 Å². The van der Waals surface area contributed by atoms with Crippen molar-refractivity contribution in [3.05, 3.63) is 51.9 Å². The van der Waals surface area contributed by atoms with Crippen LogP contribution in [0.15, 0.2) is 35.3 Å². The molecule has 0 amide bonds. The highest BCUT2D eigenvalue weighted by Gasteiger charge is 2.57. The fourth-order valence-electron chi connectivity index (χ4n) is 4.63. The smallest absolute Gasteiger partial charge is 0.338 e. The molecule has 1 atom stereocenters. The summed E-state index contributed by atoms with van der Waals surface area (Å²) in [6.45, 7) is 2.77. The van der Waals surface area contributed by atoms with Crippen molar-refractivity contribution < 1.29 is 13.2 Å². The zero-order valence-corrected chi connectivity index (χ0v) is 17.1. The van der Waals surface area contributed by atoms with E-state index >= 15 is 0 Å². The third-order valence-electron chi connectivity index (χ3n) is 6.39. The molecule has 1 aliphatic carbocycles. The minimum atomic E-state index is -4.38. The monoisotopic (exact) mass is 431 g/mol. The zero-order valence-electron chi connectivity index (χ0n) is 17.1. The van der Waals surface area contributed by atoms with Gasteiger partial charge in [-0.3, -0.25) is 14.8 Å². The molecule has 1 aliphatic heterocycles. The number of aromatic amines is 1. The lowest BCUT2D eigenvalue weighted by molar-refractivity contribution is -0.196. The summed E-state index contributed by atoms with van der Waals surface area (Å²) in [6.07, 6.45) is 0.0334. The van der Waals surface area contributed by atoms with Crippen LogP contribution in [0, 0.1) is 12.8 Å². The van der Waals surface area contributed by atoms with E-state index < -0.39 is 11.7 Å². The molecule has 3 aromatic rings. The molecule has 31 heavy (non-hydrogen) atoms. The van der Waals surface area contributed by atoms with E-state index in [2.05, 4.69) is 20.7 Å². The van der Waals surface area contributed by atoms with Gasteiger partial charge in [0.15, 0.2) is 5.82 Å². The Morgan fingerprint density at radius 3 is 2.74 bits per heavy atom. The zero-order chi connectivity index (χ0) is 21.8. The molecule has 9 heteroatoms. The lowest BCUT2D eigenvalue weighted by atomic mass is 9.84. The molecule has 1 aromatic carbocycles. The topological polar surface area (TPSA) is 74.7 Å². The second kappa shape index (κ2) is 7.12. The van der Waals surface area contributed by atoms with Crippen LogP contribution in [0.4, 0.5) is 24.7 Å². The first-order chi connectivity index (χ1) is 14.8. The molecule has 6 nitrogen and oxygen atoms in total. The van der Waals surface area contributed by atoms with Gasteiger partial charge >= 0.3 is 6.18 Å². The highest BCUT2D eigenvalue weighted by atomic mass is 19.4. The van der Waals surface area contributed by atoms with Crippen molar-refractivity contribution in [1.82, 2.24) is 20.1 Å². The molecule has 2 aromatic heterocycles. The number of aryl methyl sites for hydroxylation is 1. The van der Waals surface area contributed by atoms with Crippen LogP contribution >= 0.6 is 0 Å². The molecule has 2 fully saturated rings. The Kier molecular flexibility index (Phi) is 4.62. The second-order valence-corrected chi connectivity index (χ2v) is 8.63. The molecule has 5 rings (SSSR count).